The molecule has 164 valence electrons. The van der Waals surface area contributed by atoms with Gasteiger partial charge in [-0.05, 0) is 50.1 Å². The average Bonchev–Trinajstić information content (AvgIpc) is 3.17. The van der Waals surface area contributed by atoms with Gasteiger partial charge in [-0.3, -0.25) is 9.59 Å². The lowest BCUT2D eigenvalue weighted by Crippen LogP contribution is -2.45. The van der Waals surface area contributed by atoms with Crippen molar-refractivity contribution in [3.63, 3.8) is 0 Å². The van der Waals surface area contributed by atoms with E-state index in [1.165, 1.54) is 0 Å². The van der Waals surface area contributed by atoms with Gasteiger partial charge >= 0.3 is 0 Å². The zero-order valence-electron chi connectivity index (χ0n) is 18.1. The molecule has 0 spiro atoms. The van der Waals surface area contributed by atoms with Crippen molar-refractivity contribution in [3.8, 4) is 0 Å². The van der Waals surface area contributed by atoms with E-state index in [0.717, 1.165) is 53.4 Å². The molecule has 6 heteroatoms. The first-order valence-electron chi connectivity index (χ1n) is 11.0. The number of aromatic nitrogens is 1. The SMILES string of the molecule is Cc1ccc(NC(=O)C(Cc2c[nH]c3ccccc23)NC(=O)CCCCCCN)cc1. The van der Waals surface area contributed by atoms with Crippen LogP contribution >= 0.6 is 0 Å². The minimum absolute atomic E-state index is 0.100. The van der Waals surface area contributed by atoms with E-state index < -0.39 is 6.04 Å². The maximum atomic E-state index is 13.1. The predicted octanol–water partition coefficient (Wildman–Crippen LogP) is 4.05. The molecule has 5 N–H and O–H groups in total. The van der Waals surface area contributed by atoms with Gasteiger partial charge in [0.1, 0.15) is 6.04 Å². The molecule has 0 radical (unpaired) electrons. The topological polar surface area (TPSA) is 100 Å². The fourth-order valence-electron chi connectivity index (χ4n) is 3.65. The van der Waals surface area contributed by atoms with Gasteiger partial charge in [-0.25, -0.2) is 0 Å². The molecule has 1 unspecified atom stereocenters. The molecular weight excluding hydrogens is 388 g/mol. The highest BCUT2D eigenvalue weighted by atomic mass is 16.2. The number of rotatable bonds is 11. The van der Waals surface area contributed by atoms with E-state index in [0.29, 0.717) is 19.4 Å². The molecule has 0 aliphatic rings. The van der Waals surface area contributed by atoms with Crippen molar-refractivity contribution in [1.29, 1.82) is 0 Å². The standard InChI is InChI=1S/C25H32N4O2/c1-18-11-13-20(14-12-18)28-25(31)23(29-24(30)10-4-2-3-7-15-26)16-19-17-27-22-9-6-5-8-21(19)22/h5-6,8-9,11-14,17,23,27H,2-4,7,10,15-16,26H2,1H3,(H,28,31)(H,29,30). The third-order valence-electron chi connectivity index (χ3n) is 5.43. The van der Waals surface area contributed by atoms with Crippen molar-refractivity contribution in [1.82, 2.24) is 10.3 Å². The number of carbonyl (C=O) groups excluding carboxylic acids is 2. The van der Waals surface area contributed by atoms with Gasteiger partial charge < -0.3 is 21.4 Å². The van der Waals surface area contributed by atoms with Crippen molar-refractivity contribution in [2.24, 2.45) is 5.73 Å². The monoisotopic (exact) mass is 420 g/mol. The van der Waals surface area contributed by atoms with Crippen LogP contribution in [0, 0.1) is 6.92 Å². The molecule has 1 atom stereocenters. The second-order valence-corrected chi connectivity index (χ2v) is 7.99. The fraction of sp³-hybridized carbons (Fsp3) is 0.360. The van der Waals surface area contributed by atoms with Crippen LogP contribution in [0.15, 0.2) is 54.7 Å². The Kier molecular flexibility index (Phi) is 8.24. The Morgan fingerprint density at radius 3 is 2.52 bits per heavy atom. The number of anilines is 1. The molecule has 1 aromatic heterocycles. The van der Waals surface area contributed by atoms with E-state index >= 15 is 0 Å². The van der Waals surface area contributed by atoms with Gasteiger partial charge in [-0.1, -0.05) is 48.7 Å². The van der Waals surface area contributed by atoms with Gasteiger partial charge in [0.2, 0.25) is 11.8 Å². The summed E-state index contributed by atoms with van der Waals surface area (Å²) >= 11 is 0. The first-order chi connectivity index (χ1) is 15.1. The van der Waals surface area contributed by atoms with Crippen LogP contribution in [0.4, 0.5) is 5.69 Å². The van der Waals surface area contributed by atoms with Crippen molar-refractivity contribution >= 4 is 28.4 Å². The van der Waals surface area contributed by atoms with E-state index in [4.69, 9.17) is 5.73 Å². The molecule has 31 heavy (non-hydrogen) atoms. The van der Waals surface area contributed by atoms with Crippen LogP contribution in [0.3, 0.4) is 0 Å². The van der Waals surface area contributed by atoms with Crippen molar-refractivity contribution in [2.75, 3.05) is 11.9 Å². The largest absolute Gasteiger partial charge is 0.361 e. The summed E-state index contributed by atoms with van der Waals surface area (Å²) in [6, 6.07) is 14.9. The van der Waals surface area contributed by atoms with Crippen LogP contribution in [0.2, 0.25) is 0 Å². The number of benzene rings is 2. The third-order valence-corrected chi connectivity index (χ3v) is 5.43. The molecule has 6 nitrogen and oxygen atoms in total. The summed E-state index contributed by atoms with van der Waals surface area (Å²) < 4.78 is 0. The number of nitrogens with two attached hydrogens (primary N) is 1. The van der Waals surface area contributed by atoms with Gasteiger partial charge in [-0.2, -0.15) is 0 Å². The zero-order valence-corrected chi connectivity index (χ0v) is 18.1. The quantitative estimate of drug-likeness (QED) is 0.352. The summed E-state index contributed by atoms with van der Waals surface area (Å²) in [5.41, 5.74) is 9.38. The summed E-state index contributed by atoms with van der Waals surface area (Å²) in [6.45, 7) is 2.68. The summed E-state index contributed by atoms with van der Waals surface area (Å²) in [7, 11) is 0. The van der Waals surface area contributed by atoms with Crippen LogP contribution in [-0.4, -0.2) is 29.4 Å². The summed E-state index contributed by atoms with van der Waals surface area (Å²) in [4.78, 5) is 28.9. The van der Waals surface area contributed by atoms with Crippen LogP contribution in [0.1, 0.15) is 43.2 Å². The number of unbranched alkanes of at least 4 members (excludes halogenated alkanes) is 3. The zero-order chi connectivity index (χ0) is 22.1. The highest BCUT2D eigenvalue weighted by molar-refractivity contribution is 5.98. The highest BCUT2D eigenvalue weighted by Gasteiger charge is 2.22. The van der Waals surface area contributed by atoms with Gasteiger partial charge in [0, 0.05) is 35.6 Å². The molecule has 0 saturated carbocycles. The number of aryl methyl sites for hydroxylation is 1. The molecule has 1 heterocycles. The van der Waals surface area contributed by atoms with Gasteiger partial charge in [0.15, 0.2) is 0 Å². The number of hydrogen-bond donors (Lipinski definition) is 4. The van der Waals surface area contributed by atoms with Gasteiger partial charge in [0.05, 0.1) is 0 Å². The lowest BCUT2D eigenvalue weighted by atomic mass is 10.0. The Labute approximate surface area is 183 Å². The molecule has 2 aromatic carbocycles. The normalized spacial score (nSPS) is 11.9. The number of carbonyl (C=O) groups is 2. The number of amides is 2. The first kappa shape index (κ1) is 22.6. The Morgan fingerprint density at radius 1 is 1.00 bits per heavy atom. The van der Waals surface area contributed by atoms with Crippen molar-refractivity contribution in [2.45, 2.75) is 51.5 Å². The van der Waals surface area contributed by atoms with Gasteiger partial charge in [-0.15, -0.1) is 0 Å². The molecule has 0 aliphatic carbocycles. The summed E-state index contributed by atoms with van der Waals surface area (Å²) in [6.07, 6.45) is 6.50. The van der Waals surface area contributed by atoms with E-state index in [-0.39, 0.29) is 11.8 Å². The molecule has 0 bridgehead atoms. The highest BCUT2D eigenvalue weighted by Crippen LogP contribution is 2.20. The number of aromatic amines is 1. The Balaban J connectivity index is 1.69. The Bertz CT molecular complexity index is 994. The van der Waals surface area contributed by atoms with Crippen LogP contribution in [-0.2, 0) is 16.0 Å². The van der Waals surface area contributed by atoms with Crippen LogP contribution < -0.4 is 16.4 Å². The average molecular weight is 421 g/mol. The number of H-pyrrole nitrogens is 1. The molecular formula is C25H32N4O2. The second kappa shape index (κ2) is 11.3. The lowest BCUT2D eigenvalue weighted by Gasteiger charge is -2.19. The minimum atomic E-state index is -0.656. The van der Waals surface area contributed by atoms with Crippen LogP contribution in [0.25, 0.3) is 10.9 Å². The Morgan fingerprint density at radius 2 is 1.74 bits per heavy atom. The molecule has 3 rings (SSSR count). The van der Waals surface area contributed by atoms with E-state index in [1.54, 1.807) is 0 Å². The minimum Gasteiger partial charge on any atom is -0.361 e. The molecule has 3 aromatic rings. The number of fused-ring (bicyclic) bond motifs is 1. The second-order valence-electron chi connectivity index (χ2n) is 7.99. The molecule has 0 fully saturated rings. The summed E-state index contributed by atoms with van der Waals surface area (Å²) in [5, 5.41) is 6.96. The smallest absolute Gasteiger partial charge is 0.247 e. The first-order valence-corrected chi connectivity index (χ1v) is 11.0. The third kappa shape index (κ3) is 6.69. The van der Waals surface area contributed by atoms with Crippen molar-refractivity contribution in [3.05, 3.63) is 65.9 Å². The lowest BCUT2D eigenvalue weighted by molar-refractivity contribution is -0.126. The maximum absolute atomic E-state index is 13.1. The summed E-state index contributed by atoms with van der Waals surface area (Å²) in [5.74, 6) is -0.317. The number of para-hydroxylation sites is 1. The molecule has 0 aliphatic heterocycles. The maximum Gasteiger partial charge on any atom is 0.247 e. The molecule has 2 amide bonds. The fourth-order valence-corrected chi connectivity index (χ4v) is 3.65. The van der Waals surface area contributed by atoms with E-state index in [2.05, 4.69) is 15.6 Å². The van der Waals surface area contributed by atoms with E-state index in [1.807, 2.05) is 61.7 Å². The molecule has 0 saturated heterocycles. The van der Waals surface area contributed by atoms with E-state index in [9.17, 15) is 9.59 Å². The van der Waals surface area contributed by atoms with Gasteiger partial charge in [0.25, 0.3) is 0 Å². The predicted molar refractivity (Wildman–Crippen MR) is 126 cm³/mol. The van der Waals surface area contributed by atoms with Crippen LogP contribution in [0.5, 0.6) is 0 Å². The number of nitrogens with one attached hydrogen (secondary N) is 3. The van der Waals surface area contributed by atoms with Crippen molar-refractivity contribution < 1.29 is 9.59 Å². The number of hydrogen-bond acceptors (Lipinski definition) is 3. The Hall–Kier alpha value is -3.12.